The van der Waals surface area contributed by atoms with E-state index in [1.807, 2.05) is 36.5 Å². The molecule has 0 radical (unpaired) electrons. The second-order valence-electron chi connectivity index (χ2n) is 7.93. The van der Waals surface area contributed by atoms with Gasteiger partial charge in [-0.3, -0.25) is 10.2 Å². The van der Waals surface area contributed by atoms with Crippen LogP contribution in [0.3, 0.4) is 0 Å². The number of nitrogens with two attached hydrogens (primary N) is 2. The molecule has 4 rings (SSSR count). The lowest BCUT2D eigenvalue weighted by molar-refractivity contribution is 0.133. The maximum absolute atomic E-state index is 9.51. The molecule has 1 aromatic carbocycles. The fraction of sp³-hybridized carbons (Fsp3) is 0.364. The van der Waals surface area contributed by atoms with E-state index < -0.39 is 6.04 Å². The van der Waals surface area contributed by atoms with Crippen molar-refractivity contribution < 1.29 is 4.74 Å². The van der Waals surface area contributed by atoms with E-state index in [2.05, 4.69) is 37.5 Å². The van der Waals surface area contributed by atoms with Crippen molar-refractivity contribution in [3.05, 3.63) is 41.0 Å². The van der Waals surface area contributed by atoms with E-state index >= 15 is 0 Å². The van der Waals surface area contributed by atoms with Gasteiger partial charge >= 0.3 is 0 Å². The van der Waals surface area contributed by atoms with Crippen LogP contribution in [0.25, 0.3) is 0 Å². The number of hydrogen-bond donors (Lipinski definition) is 4. The molecule has 2 aromatic rings. The van der Waals surface area contributed by atoms with Crippen molar-refractivity contribution in [1.82, 2.24) is 20.1 Å². The van der Waals surface area contributed by atoms with Crippen LogP contribution < -0.4 is 26.8 Å². The Hall–Kier alpha value is -4.06. The third-order valence-electron chi connectivity index (χ3n) is 5.83. The predicted molar refractivity (Wildman–Crippen MR) is 125 cm³/mol. The Labute approximate surface area is 192 Å². The summed E-state index contributed by atoms with van der Waals surface area (Å²) in [4.78, 5) is 13.6. The Morgan fingerprint density at radius 3 is 2.70 bits per heavy atom. The van der Waals surface area contributed by atoms with Crippen molar-refractivity contribution in [2.45, 2.75) is 6.04 Å². The number of nitriles is 2. The van der Waals surface area contributed by atoms with Gasteiger partial charge in [0.15, 0.2) is 6.19 Å². The van der Waals surface area contributed by atoms with Gasteiger partial charge in [-0.05, 0) is 13.1 Å². The Morgan fingerprint density at radius 2 is 1.97 bits per heavy atom. The minimum atomic E-state index is -0.642. The monoisotopic (exact) mass is 446 g/mol. The molecule has 1 atom stereocenters. The maximum Gasteiger partial charge on any atom is 0.211 e. The highest BCUT2D eigenvalue weighted by atomic mass is 16.5. The molecule has 0 bridgehead atoms. The number of guanidine groups is 1. The van der Waals surface area contributed by atoms with E-state index in [4.69, 9.17) is 21.5 Å². The number of likely N-dealkylation sites (N-methyl/N-ethyl adjacent to an activating group) is 1. The van der Waals surface area contributed by atoms with E-state index in [1.54, 1.807) is 0 Å². The van der Waals surface area contributed by atoms with Crippen LogP contribution in [0.5, 0.6) is 5.75 Å². The minimum Gasteiger partial charge on any atom is -0.492 e. The fourth-order valence-electron chi connectivity index (χ4n) is 4.00. The number of aliphatic imine (C=N–C) groups is 1. The molecule has 2 aliphatic rings. The predicted octanol–water partition coefficient (Wildman–Crippen LogP) is 0.685. The number of piperazine rings is 1. The lowest BCUT2D eigenvalue weighted by atomic mass is 9.94. The average Bonchev–Trinajstić information content (AvgIpc) is 2.80. The summed E-state index contributed by atoms with van der Waals surface area (Å²) in [5, 5.41) is 24.0. The topological polar surface area (TPSA) is 165 Å². The molecule has 33 heavy (non-hydrogen) atoms. The van der Waals surface area contributed by atoms with Crippen LogP contribution in [0, 0.1) is 22.8 Å². The van der Waals surface area contributed by atoms with Crippen LogP contribution in [0.2, 0.25) is 0 Å². The van der Waals surface area contributed by atoms with Gasteiger partial charge in [-0.2, -0.15) is 10.5 Å². The standard InChI is InChI=1S/C22H26N10O/c1-31-6-8-32(9-7-31)10-11-33-16-5-3-2-4-14(16)19-17-18(25)15(12-23)20(26)29-21(17)30-22(28-19)27-13-24/h2-5,19H,6-11H2,1H3,(H6,25,26,27,28,29,30). The first-order valence-corrected chi connectivity index (χ1v) is 10.6. The molecule has 3 heterocycles. The minimum absolute atomic E-state index is 0.00918. The molecule has 0 saturated carbocycles. The number of ether oxygens (including phenoxy) is 1. The van der Waals surface area contributed by atoms with E-state index in [9.17, 15) is 5.26 Å². The van der Waals surface area contributed by atoms with E-state index in [0.29, 0.717) is 23.7 Å². The Bertz CT molecular complexity index is 1140. The van der Waals surface area contributed by atoms with Gasteiger partial charge in [-0.1, -0.05) is 18.2 Å². The summed E-state index contributed by atoms with van der Waals surface area (Å²) in [5.41, 5.74) is 13.8. The number of nitrogens with one attached hydrogen (secondary N) is 2. The summed E-state index contributed by atoms with van der Waals surface area (Å²) in [6.07, 6.45) is 1.85. The molecule has 6 N–H and O–H groups in total. The zero-order valence-corrected chi connectivity index (χ0v) is 18.4. The number of benzene rings is 1. The number of pyridine rings is 1. The highest BCUT2D eigenvalue weighted by Crippen LogP contribution is 2.43. The third kappa shape index (κ3) is 4.60. The van der Waals surface area contributed by atoms with Crippen LogP contribution >= 0.6 is 0 Å². The number of fused-ring (bicyclic) bond motifs is 1. The molecule has 0 aliphatic carbocycles. The van der Waals surface area contributed by atoms with Crippen LogP contribution in [0.1, 0.15) is 22.7 Å². The van der Waals surface area contributed by atoms with Crippen LogP contribution in [-0.2, 0) is 0 Å². The molecule has 1 fully saturated rings. The van der Waals surface area contributed by atoms with Gasteiger partial charge in [0.05, 0.1) is 5.69 Å². The Morgan fingerprint density at radius 1 is 1.21 bits per heavy atom. The van der Waals surface area contributed by atoms with Crippen LogP contribution in [-0.4, -0.2) is 67.1 Å². The summed E-state index contributed by atoms with van der Waals surface area (Å²) in [6.45, 7) is 5.44. The van der Waals surface area contributed by atoms with Crippen molar-refractivity contribution >= 4 is 23.3 Å². The summed E-state index contributed by atoms with van der Waals surface area (Å²) in [5.74, 6) is 1.21. The number of anilines is 3. The lowest BCUT2D eigenvalue weighted by Gasteiger charge is -2.32. The highest BCUT2D eigenvalue weighted by molar-refractivity contribution is 5.98. The zero-order chi connectivity index (χ0) is 23.4. The van der Waals surface area contributed by atoms with Gasteiger partial charge in [0.2, 0.25) is 5.96 Å². The molecule has 0 amide bonds. The zero-order valence-electron chi connectivity index (χ0n) is 18.4. The van der Waals surface area contributed by atoms with Crippen LogP contribution in [0.4, 0.5) is 17.3 Å². The second kappa shape index (κ2) is 9.61. The SMILES string of the molecule is CN1CCN(CCOc2ccccc2C2N=C(NC#N)Nc3nc(N)c(C#N)c(N)c32)CC1. The molecule has 170 valence electrons. The summed E-state index contributed by atoms with van der Waals surface area (Å²) < 4.78 is 6.17. The third-order valence-corrected chi connectivity index (χ3v) is 5.83. The quantitative estimate of drug-likeness (QED) is 0.379. The number of hydrogen-bond acceptors (Lipinski definition) is 11. The van der Waals surface area contributed by atoms with Crippen molar-refractivity contribution in [1.29, 1.82) is 10.5 Å². The van der Waals surface area contributed by atoms with Crippen molar-refractivity contribution in [2.24, 2.45) is 4.99 Å². The molecular weight excluding hydrogens is 420 g/mol. The van der Waals surface area contributed by atoms with E-state index in [-0.39, 0.29) is 23.0 Å². The highest BCUT2D eigenvalue weighted by Gasteiger charge is 2.31. The Balaban J connectivity index is 1.64. The number of aromatic nitrogens is 1. The first-order chi connectivity index (χ1) is 16.0. The van der Waals surface area contributed by atoms with Gasteiger partial charge in [0.1, 0.15) is 41.7 Å². The van der Waals surface area contributed by atoms with E-state index in [1.165, 1.54) is 0 Å². The van der Waals surface area contributed by atoms with Gasteiger partial charge in [-0.15, -0.1) is 0 Å². The molecule has 0 spiro atoms. The van der Waals surface area contributed by atoms with Crippen molar-refractivity contribution in [2.75, 3.05) is 63.2 Å². The van der Waals surface area contributed by atoms with Gasteiger partial charge in [0, 0.05) is 43.9 Å². The maximum atomic E-state index is 9.51. The van der Waals surface area contributed by atoms with E-state index in [0.717, 1.165) is 38.3 Å². The molecule has 2 aliphatic heterocycles. The van der Waals surface area contributed by atoms with Crippen LogP contribution in [0.15, 0.2) is 29.3 Å². The fourth-order valence-corrected chi connectivity index (χ4v) is 4.00. The summed E-state index contributed by atoms with van der Waals surface area (Å²) >= 11 is 0. The smallest absolute Gasteiger partial charge is 0.211 e. The largest absolute Gasteiger partial charge is 0.492 e. The molecule has 1 unspecified atom stereocenters. The first kappa shape index (κ1) is 22.1. The van der Waals surface area contributed by atoms with Gasteiger partial charge < -0.3 is 26.4 Å². The number of rotatable bonds is 5. The summed E-state index contributed by atoms with van der Waals surface area (Å²) in [7, 11) is 2.13. The molecule has 1 aromatic heterocycles. The molecular formula is C22H26N10O. The molecule has 1 saturated heterocycles. The summed E-state index contributed by atoms with van der Waals surface area (Å²) in [6, 6.07) is 8.90. The average molecular weight is 447 g/mol. The Kier molecular flexibility index (Phi) is 6.45. The van der Waals surface area contributed by atoms with Crippen molar-refractivity contribution in [3.8, 4) is 18.0 Å². The van der Waals surface area contributed by atoms with Gasteiger partial charge in [-0.25, -0.2) is 9.98 Å². The second-order valence-corrected chi connectivity index (χ2v) is 7.93. The lowest BCUT2D eigenvalue weighted by Crippen LogP contribution is -2.45. The normalized spacial score (nSPS) is 18.3. The molecule has 11 heteroatoms. The van der Waals surface area contributed by atoms with Crippen molar-refractivity contribution in [3.63, 3.8) is 0 Å². The number of nitrogen functional groups attached to an aromatic ring is 2. The number of para-hydroxylation sites is 1. The molecule has 11 nitrogen and oxygen atoms in total. The first-order valence-electron chi connectivity index (χ1n) is 10.6. The number of nitrogens with zero attached hydrogens (tertiary/aromatic N) is 6. The van der Waals surface area contributed by atoms with Gasteiger partial charge in [0.25, 0.3) is 0 Å².